The van der Waals surface area contributed by atoms with Gasteiger partial charge in [-0.05, 0) is 63.9 Å². The van der Waals surface area contributed by atoms with E-state index in [-0.39, 0.29) is 17.7 Å². The highest BCUT2D eigenvalue weighted by atomic mass is 16.6. The molecule has 1 heterocycles. The van der Waals surface area contributed by atoms with E-state index in [4.69, 9.17) is 4.74 Å². The number of nitrogens with one attached hydrogen (secondary N) is 2. The fourth-order valence-corrected chi connectivity index (χ4v) is 3.44. The van der Waals surface area contributed by atoms with Gasteiger partial charge in [0.05, 0.1) is 0 Å². The molecule has 7 nitrogen and oxygen atoms in total. The van der Waals surface area contributed by atoms with Crippen molar-refractivity contribution in [3.05, 3.63) is 60.2 Å². The topological polar surface area (TPSA) is 87.7 Å². The molecule has 1 fully saturated rings. The zero-order valence-corrected chi connectivity index (χ0v) is 18.2. The normalized spacial score (nSPS) is 14.6. The average molecular weight is 424 g/mol. The number of carbonyl (C=O) groups excluding carboxylic acids is 3. The Morgan fingerprint density at radius 3 is 2.19 bits per heavy atom. The van der Waals surface area contributed by atoms with Crippen LogP contribution in [0.25, 0.3) is 0 Å². The maximum absolute atomic E-state index is 12.9. The Kier molecular flexibility index (Phi) is 6.95. The zero-order chi connectivity index (χ0) is 22.4. The van der Waals surface area contributed by atoms with E-state index in [0.29, 0.717) is 37.2 Å². The third kappa shape index (κ3) is 6.57. The van der Waals surface area contributed by atoms with Gasteiger partial charge in [-0.25, -0.2) is 4.79 Å². The van der Waals surface area contributed by atoms with Gasteiger partial charge in [0.15, 0.2) is 0 Å². The van der Waals surface area contributed by atoms with Gasteiger partial charge >= 0.3 is 6.09 Å². The van der Waals surface area contributed by atoms with Crippen molar-refractivity contribution < 1.29 is 19.1 Å². The zero-order valence-electron chi connectivity index (χ0n) is 18.2. The molecule has 0 spiro atoms. The molecule has 1 saturated heterocycles. The molecule has 3 rings (SSSR count). The second kappa shape index (κ2) is 9.64. The molecule has 1 aliphatic rings. The van der Waals surface area contributed by atoms with Crippen LogP contribution in [-0.2, 0) is 9.53 Å². The van der Waals surface area contributed by atoms with Crippen molar-refractivity contribution >= 4 is 29.3 Å². The predicted molar refractivity (Wildman–Crippen MR) is 120 cm³/mol. The summed E-state index contributed by atoms with van der Waals surface area (Å²) in [7, 11) is 0. The van der Waals surface area contributed by atoms with Crippen LogP contribution < -0.4 is 10.6 Å². The minimum atomic E-state index is -0.603. The smallest absolute Gasteiger partial charge is 0.412 e. The first-order valence-corrected chi connectivity index (χ1v) is 10.5. The van der Waals surface area contributed by atoms with E-state index in [2.05, 4.69) is 10.6 Å². The lowest BCUT2D eigenvalue weighted by Gasteiger charge is -2.31. The van der Waals surface area contributed by atoms with Crippen LogP contribution in [-0.4, -0.2) is 41.5 Å². The van der Waals surface area contributed by atoms with Crippen LogP contribution in [0.5, 0.6) is 0 Å². The van der Waals surface area contributed by atoms with E-state index >= 15 is 0 Å². The number of piperidine rings is 1. The summed E-state index contributed by atoms with van der Waals surface area (Å²) in [6.45, 7) is 6.38. The highest BCUT2D eigenvalue weighted by molar-refractivity contribution is 5.97. The molecule has 31 heavy (non-hydrogen) atoms. The van der Waals surface area contributed by atoms with E-state index in [1.165, 1.54) is 0 Å². The minimum Gasteiger partial charge on any atom is -0.444 e. The van der Waals surface area contributed by atoms with Crippen molar-refractivity contribution in [2.24, 2.45) is 5.92 Å². The Hall–Kier alpha value is -3.35. The van der Waals surface area contributed by atoms with E-state index in [1.807, 2.05) is 30.3 Å². The molecule has 2 N–H and O–H groups in total. The lowest BCUT2D eigenvalue weighted by atomic mass is 9.95. The highest BCUT2D eigenvalue weighted by Gasteiger charge is 2.28. The lowest BCUT2D eigenvalue weighted by molar-refractivity contribution is -0.121. The Morgan fingerprint density at radius 1 is 0.903 bits per heavy atom. The second-order valence-electron chi connectivity index (χ2n) is 8.63. The van der Waals surface area contributed by atoms with E-state index in [1.54, 1.807) is 49.9 Å². The summed E-state index contributed by atoms with van der Waals surface area (Å²) >= 11 is 0. The van der Waals surface area contributed by atoms with Gasteiger partial charge < -0.3 is 15.0 Å². The Bertz CT molecular complexity index is 929. The van der Waals surface area contributed by atoms with Gasteiger partial charge in [-0.3, -0.25) is 14.9 Å². The summed E-state index contributed by atoms with van der Waals surface area (Å²) < 4.78 is 5.25. The number of hydrogen-bond donors (Lipinski definition) is 2. The molecule has 3 amide bonds. The lowest BCUT2D eigenvalue weighted by Crippen LogP contribution is -2.41. The highest BCUT2D eigenvalue weighted by Crippen LogP contribution is 2.22. The first-order valence-electron chi connectivity index (χ1n) is 10.5. The summed E-state index contributed by atoms with van der Waals surface area (Å²) in [4.78, 5) is 39.1. The van der Waals surface area contributed by atoms with Gasteiger partial charge in [0, 0.05) is 35.9 Å². The fraction of sp³-hybridized carbons (Fsp3) is 0.375. The maximum Gasteiger partial charge on any atom is 0.412 e. The number of rotatable bonds is 4. The summed E-state index contributed by atoms with van der Waals surface area (Å²) in [5.41, 5.74) is 1.16. The summed E-state index contributed by atoms with van der Waals surface area (Å²) in [6.07, 6.45) is 0.655. The van der Waals surface area contributed by atoms with Crippen LogP contribution in [0.3, 0.4) is 0 Å². The number of likely N-dealkylation sites (tertiary alicyclic amines) is 1. The predicted octanol–water partition coefficient (Wildman–Crippen LogP) is 4.52. The summed E-state index contributed by atoms with van der Waals surface area (Å²) in [6, 6.07) is 16.2. The largest absolute Gasteiger partial charge is 0.444 e. The Morgan fingerprint density at radius 2 is 1.55 bits per heavy atom. The van der Waals surface area contributed by atoms with Crippen molar-refractivity contribution in [1.29, 1.82) is 0 Å². The number of hydrogen-bond acceptors (Lipinski definition) is 4. The fourth-order valence-electron chi connectivity index (χ4n) is 3.44. The third-order valence-electron chi connectivity index (χ3n) is 4.95. The van der Waals surface area contributed by atoms with Crippen LogP contribution >= 0.6 is 0 Å². The molecule has 0 unspecified atom stereocenters. The number of para-hydroxylation sites is 1. The number of ether oxygens (including phenoxy) is 1. The quantitative estimate of drug-likeness (QED) is 0.757. The molecule has 0 saturated carbocycles. The molecule has 164 valence electrons. The average Bonchev–Trinajstić information content (AvgIpc) is 2.73. The number of anilines is 2. The number of amides is 3. The molecule has 2 aromatic rings. The molecular formula is C24H29N3O4. The monoisotopic (exact) mass is 423 g/mol. The van der Waals surface area contributed by atoms with Gasteiger partial charge in [-0.15, -0.1) is 0 Å². The molecule has 0 aromatic heterocycles. The van der Waals surface area contributed by atoms with Gasteiger partial charge in [0.25, 0.3) is 5.91 Å². The van der Waals surface area contributed by atoms with Gasteiger partial charge in [-0.2, -0.15) is 0 Å². The van der Waals surface area contributed by atoms with Gasteiger partial charge in [-0.1, -0.05) is 24.3 Å². The SMILES string of the molecule is CC(C)(C)OC(=O)Nc1cccc(C(=O)N2CCC(C(=O)Nc3ccccc3)CC2)c1. The van der Waals surface area contributed by atoms with Crippen molar-refractivity contribution in [3.8, 4) is 0 Å². The van der Waals surface area contributed by atoms with Crippen molar-refractivity contribution in [2.45, 2.75) is 39.2 Å². The van der Waals surface area contributed by atoms with Crippen LogP contribution in [0.4, 0.5) is 16.2 Å². The molecule has 0 aliphatic carbocycles. The minimum absolute atomic E-state index is 0.0122. The molecule has 0 atom stereocenters. The van der Waals surface area contributed by atoms with E-state index in [0.717, 1.165) is 5.69 Å². The van der Waals surface area contributed by atoms with Gasteiger partial charge in [0.1, 0.15) is 5.60 Å². The van der Waals surface area contributed by atoms with Crippen LogP contribution in [0, 0.1) is 5.92 Å². The Labute approximate surface area is 182 Å². The molecule has 0 bridgehead atoms. The number of nitrogens with zero attached hydrogens (tertiary/aromatic N) is 1. The molecule has 7 heteroatoms. The van der Waals surface area contributed by atoms with Crippen LogP contribution in [0.15, 0.2) is 54.6 Å². The molecular weight excluding hydrogens is 394 g/mol. The van der Waals surface area contributed by atoms with E-state index < -0.39 is 11.7 Å². The summed E-state index contributed by atoms with van der Waals surface area (Å²) in [5, 5.41) is 5.59. The first-order chi connectivity index (χ1) is 14.7. The van der Waals surface area contributed by atoms with Crippen LogP contribution in [0.2, 0.25) is 0 Å². The van der Waals surface area contributed by atoms with Gasteiger partial charge in [0.2, 0.25) is 5.91 Å². The molecule has 2 aromatic carbocycles. The van der Waals surface area contributed by atoms with Crippen molar-refractivity contribution in [3.63, 3.8) is 0 Å². The molecule has 0 radical (unpaired) electrons. The van der Waals surface area contributed by atoms with Crippen molar-refractivity contribution in [1.82, 2.24) is 4.90 Å². The van der Waals surface area contributed by atoms with Crippen LogP contribution in [0.1, 0.15) is 44.0 Å². The third-order valence-corrected chi connectivity index (χ3v) is 4.95. The standard InChI is InChI=1S/C24H29N3O4/c1-24(2,3)31-23(30)26-20-11-7-8-18(16-20)22(29)27-14-12-17(13-15-27)21(28)25-19-9-5-4-6-10-19/h4-11,16-17H,12-15H2,1-3H3,(H,25,28)(H,26,30). The second-order valence-corrected chi connectivity index (χ2v) is 8.63. The summed E-state index contributed by atoms with van der Waals surface area (Å²) in [5.74, 6) is -0.249. The van der Waals surface area contributed by atoms with E-state index in [9.17, 15) is 14.4 Å². The maximum atomic E-state index is 12.9. The number of benzene rings is 2. The molecule has 1 aliphatic heterocycles. The Balaban J connectivity index is 1.54. The van der Waals surface area contributed by atoms with Crippen molar-refractivity contribution in [2.75, 3.05) is 23.7 Å². The number of carbonyl (C=O) groups is 3. The first kappa shape index (κ1) is 22.3.